The summed E-state index contributed by atoms with van der Waals surface area (Å²) in [6.45, 7) is 6.37. The van der Waals surface area contributed by atoms with Crippen LogP contribution in [0.3, 0.4) is 0 Å². The van der Waals surface area contributed by atoms with Crippen molar-refractivity contribution in [1.82, 2.24) is 14.1 Å². The summed E-state index contributed by atoms with van der Waals surface area (Å²) in [6.07, 6.45) is 2.01. The summed E-state index contributed by atoms with van der Waals surface area (Å²) in [5.41, 5.74) is 6.63. The van der Waals surface area contributed by atoms with Crippen LogP contribution in [0.1, 0.15) is 49.0 Å². The molecule has 0 spiro atoms. The Morgan fingerprint density at radius 2 is 1.83 bits per heavy atom. The molecule has 3 aliphatic rings. The molecule has 3 amide bonds. The van der Waals surface area contributed by atoms with Gasteiger partial charge in [0.1, 0.15) is 6.10 Å². The van der Waals surface area contributed by atoms with Crippen molar-refractivity contribution in [3.05, 3.63) is 35.4 Å². The van der Waals surface area contributed by atoms with Crippen LogP contribution in [0.2, 0.25) is 0 Å². The molecule has 0 unspecified atom stereocenters. The number of nitrogens with two attached hydrogens (primary N) is 1. The van der Waals surface area contributed by atoms with Gasteiger partial charge in [0.05, 0.1) is 24.3 Å². The first-order valence-corrected chi connectivity index (χ1v) is 13.9. The lowest BCUT2D eigenvalue weighted by atomic mass is 9.88. The molecule has 10 nitrogen and oxygen atoms in total. The number of hydrogen-bond acceptors (Lipinski definition) is 7. The van der Waals surface area contributed by atoms with Crippen LogP contribution in [0.25, 0.3) is 0 Å². The summed E-state index contributed by atoms with van der Waals surface area (Å²) in [7, 11) is -3.71. The molecular weight excluding hydrogens is 472 g/mol. The van der Waals surface area contributed by atoms with Crippen LogP contribution in [-0.2, 0) is 26.1 Å². The topological polar surface area (TPSA) is 130 Å². The Morgan fingerprint density at radius 3 is 2.43 bits per heavy atom. The highest BCUT2D eigenvalue weighted by Gasteiger charge is 2.58. The summed E-state index contributed by atoms with van der Waals surface area (Å²) in [4.78, 5) is 41.5. The van der Waals surface area contributed by atoms with Gasteiger partial charge in [-0.05, 0) is 42.9 Å². The lowest BCUT2D eigenvalue weighted by molar-refractivity contribution is -0.129. The van der Waals surface area contributed by atoms with Gasteiger partial charge in [0.2, 0.25) is 15.9 Å². The van der Waals surface area contributed by atoms with Crippen LogP contribution in [0.4, 0.5) is 4.79 Å². The maximum Gasteiger partial charge on any atom is 0.404 e. The molecule has 0 bridgehead atoms. The number of piperidine rings is 1. The summed E-state index contributed by atoms with van der Waals surface area (Å²) in [5.74, 6) is -1.23. The fourth-order valence-electron chi connectivity index (χ4n) is 5.85. The van der Waals surface area contributed by atoms with Gasteiger partial charge in [-0.15, -0.1) is 0 Å². The Labute approximate surface area is 206 Å². The van der Waals surface area contributed by atoms with Crippen molar-refractivity contribution in [3.63, 3.8) is 0 Å². The zero-order valence-electron chi connectivity index (χ0n) is 20.4. The highest BCUT2D eigenvalue weighted by atomic mass is 32.2. The van der Waals surface area contributed by atoms with Gasteiger partial charge in [0, 0.05) is 31.7 Å². The SMILES string of the molecule is CC(C)[C@H]1C(=O)N(S(C)(=O)=O)[C@H]2CCN(C(=O)c3cccc(CN4CCC(OC(N)=O)CC4)c3)[C@H]12. The van der Waals surface area contributed by atoms with Crippen LogP contribution in [-0.4, -0.2) is 84.5 Å². The zero-order chi connectivity index (χ0) is 25.5. The van der Waals surface area contributed by atoms with E-state index in [1.165, 1.54) is 0 Å². The molecule has 3 saturated heterocycles. The van der Waals surface area contributed by atoms with Crippen molar-refractivity contribution in [1.29, 1.82) is 0 Å². The van der Waals surface area contributed by atoms with Gasteiger partial charge in [-0.25, -0.2) is 17.5 Å². The van der Waals surface area contributed by atoms with E-state index in [0.717, 1.165) is 29.2 Å². The van der Waals surface area contributed by atoms with Gasteiger partial charge in [-0.2, -0.15) is 0 Å². The van der Waals surface area contributed by atoms with E-state index in [0.29, 0.717) is 37.9 Å². The highest BCUT2D eigenvalue weighted by Crippen LogP contribution is 2.41. The van der Waals surface area contributed by atoms with Gasteiger partial charge < -0.3 is 15.4 Å². The standard InChI is InChI=1S/C24H34N4O6S/c1-15(2)20-21-19(28(23(20)30)35(3,32)33)9-12-27(21)22(29)17-6-4-5-16(13-17)14-26-10-7-18(8-11-26)34-24(25)31/h4-6,13,15,18-21H,7-12,14H2,1-3H3,(H2,25,31)/t19-,20+,21-/m0/s1. The second-order valence-electron chi connectivity index (χ2n) is 10.1. The Bertz CT molecular complexity index is 1100. The average molecular weight is 507 g/mol. The number of carbonyl (C=O) groups excluding carboxylic acids is 3. The Hall–Kier alpha value is -2.66. The van der Waals surface area contributed by atoms with E-state index in [1.54, 1.807) is 11.0 Å². The van der Waals surface area contributed by atoms with Crippen molar-refractivity contribution >= 4 is 27.9 Å². The minimum atomic E-state index is -3.71. The number of benzene rings is 1. The van der Waals surface area contributed by atoms with E-state index >= 15 is 0 Å². The molecule has 3 fully saturated rings. The van der Waals surface area contributed by atoms with E-state index < -0.39 is 40.0 Å². The Balaban J connectivity index is 1.48. The predicted octanol–water partition coefficient (Wildman–Crippen LogP) is 1.40. The van der Waals surface area contributed by atoms with Crippen molar-refractivity contribution in [2.75, 3.05) is 25.9 Å². The molecule has 0 saturated carbocycles. The number of fused-ring (bicyclic) bond motifs is 1. The largest absolute Gasteiger partial charge is 0.446 e. The van der Waals surface area contributed by atoms with Crippen LogP contribution in [0.5, 0.6) is 0 Å². The molecule has 1 aromatic carbocycles. The van der Waals surface area contributed by atoms with Crippen LogP contribution in [0, 0.1) is 11.8 Å². The van der Waals surface area contributed by atoms with Crippen LogP contribution in [0.15, 0.2) is 24.3 Å². The molecular formula is C24H34N4O6S. The highest BCUT2D eigenvalue weighted by molar-refractivity contribution is 7.88. The second-order valence-corrected chi connectivity index (χ2v) is 12.0. The second kappa shape index (κ2) is 9.77. The number of rotatable bonds is 6. The van der Waals surface area contributed by atoms with Gasteiger partial charge in [-0.1, -0.05) is 26.0 Å². The average Bonchev–Trinajstić information content (AvgIpc) is 3.30. The normalized spacial score (nSPS) is 25.8. The number of carbonyl (C=O) groups is 3. The molecule has 1 aromatic rings. The monoisotopic (exact) mass is 506 g/mol. The Kier molecular flexibility index (Phi) is 7.10. The van der Waals surface area contributed by atoms with Crippen molar-refractivity contribution in [2.45, 2.75) is 57.8 Å². The molecule has 3 atom stereocenters. The first kappa shape index (κ1) is 25.4. The zero-order valence-corrected chi connectivity index (χ0v) is 21.2. The van der Waals surface area contributed by atoms with Gasteiger partial charge in [0.15, 0.2) is 0 Å². The third-order valence-electron chi connectivity index (χ3n) is 7.33. The number of primary amides is 1. The molecule has 35 heavy (non-hydrogen) atoms. The third kappa shape index (κ3) is 5.16. The molecule has 2 N–H and O–H groups in total. The number of hydrogen-bond donors (Lipinski definition) is 1. The molecule has 192 valence electrons. The lowest BCUT2D eigenvalue weighted by Gasteiger charge is -2.31. The number of nitrogens with zero attached hydrogens (tertiary/aromatic N) is 3. The van der Waals surface area contributed by atoms with Crippen LogP contribution < -0.4 is 5.73 Å². The number of amides is 3. The smallest absolute Gasteiger partial charge is 0.404 e. The Morgan fingerprint density at radius 1 is 1.14 bits per heavy atom. The first-order chi connectivity index (χ1) is 16.5. The maximum absolute atomic E-state index is 13.6. The minimum Gasteiger partial charge on any atom is -0.446 e. The lowest BCUT2D eigenvalue weighted by Crippen LogP contribution is -2.44. The summed E-state index contributed by atoms with van der Waals surface area (Å²) in [6, 6.07) is 6.48. The van der Waals surface area contributed by atoms with E-state index in [9.17, 15) is 22.8 Å². The van der Waals surface area contributed by atoms with Gasteiger partial charge in [-0.3, -0.25) is 14.5 Å². The summed E-state index contributed by atoms with van der Waals surface area (Å²) in [5, 5.41) is 0. The fraction of sp³-hybridized carbons (Fsp3) is 0.625. The predicted molar refractivity (Wildman–Crippen MR) is 129 cm³/mol. The minimum absolute atomic E-state index is 0.0945. The fourth-order valence-corrected chi connectivity index (χ4v) is 7.02. The van der Waals surface area contributed by atoms with Crippen molar-refractivity contribution < 1.29 is 27.5 Å². The molecule has 0 aliphatic carbocycles. The third-order valence-corrected chi connectivity index (χ3v) is 8.49. The number of likely N-dealkylation sites (tertiary alicyclic amines) is 2. The molecule has 0 aromatic heterocycles. The maximum atomic E-state index is 13.6. The van der Waals surface area contributed by atoms with E-state index in [2.05, 4.69) is 4.90 Å². The summed E-state index contributed by atoms with van der Waals surface area (Å²) < 4.78 is 30.8. The quantitative estimate of drug-likeness (QED) is 0.617. The van der Waals surface area contributed by atoms with Crippen molar-refractivity contribution in [2.24, 2.45) is 17.6 Å². The molecule has 11 heteroatoms. The molecule has 3 heterocycles. The summed E-state index contributed by atoms with van der Waals surface area (Å²) >= 11 is 0. The van der Waals surface area contributed by atoms with Gasteiger partial charge >= 0.3 is 6.09 Å². The molecule has 3 aliphatic heterocycles. The van der Waals surface area contributed by atoms with E-state index in [1.807, 2.05) is 32.0 Å². The first-order valence-electron chi connectivity index (χ1n) is 12.1. The number of sulfonamides is 1. The van der Waals surface area contributed by atoms with Crippen molar-refractivity contribution in [3.8, 4) is 0 Å². The molecule has 4 rings (SSSR count). The van der Waals surface area contributed by atoms with E-state index in [-0.39, 0.29) is 17.9 Å². The number of ether oxygens (including phenoxy) is 1. The molecule has 0 radical (unpaired) electrons. The van der Waals surface area contributed by atoms with E-state index in [4.69, 9.17) is 10.5 Å². The van der Waals surface area contributed by atoms with Crippen LogP contribution >= 0.6 is 0 Å². The van der Waals surface area contributed by atoms with Gasteiger partial charge in [0.25, 0.3) is 5.91 Å².